The highest BCUT2D eigenvalue weighted by atomic mass is 32.2. The Morgan fingerprint density at radius 3 is 2.54 bits per heavy atom. The van der Waals surface area contributed by atoms with Gasteiger partial charge >= 0.3 is 0 Å². The minimum absolute atomic E-state index is 0.0365. The topological polar surface area (TPSA) is 42.0 Å². The van der Waals surface area contributed by atoms with Crippen LogP contribution in [-0.2, 0) is 4.79 Å². The number of carbonyl (C=O) groups excluding carboxylic acids is 1. The van der Waals surface area contributed by atoms with Crippen LogP contribution in [-0.4, -0.2) is 16.6 Å². The fraction of sp³-hybridized carbons (Fsp3) is 0.273. The Hall–Kier alpha value is -2.33. The Morgan fingerprint density at radius 1 is 0.962 bits per heavy atom. The van der Waals surface area contributed by atoms with Crippen molar-refractivity contribution in [3.63, 3.8) is 0 Å². The zero-order valence-electron chi connectivity index (χ0n) is 15.7. The van der Waals surface area contributed by atoms with Crippen LogP contribution in [0.4, 0.5) is 5.69 Å². The van der Waals surface area contributed by atoms with E-state index < -0.39 is 0 Å². The Bertz CT molecular complexity index is 966. The minimum atomic E-state index is 0.0365. The fourth-order valence-electron chi connectivity index (χ4n) is 2.90. The number of rotatable bonds is 5. The Kier molecular flexibility index (Phi) is 5.62. The number of para-hydroxylation sites is 1. The van der Waals surface area contributed by atoms with Crippen molar-refractivity contribution in [3.8, 4) is 0 Å². The van der Waals surface area contributed by atoms with E-state index in [-0.39, 0.29) is 5.91 Å². The van der Waals surface area contributed by atoms with Crippen LogP contribution in [0.2, 0.25) is 0 Å². The van der Waals surface area contributed by atoms with Gasteiger partial charge in [-0.2, -0.15) is 0 Å². The van der Waals surface area contributed by atoms with Crippen LogP contribution in [0.25, 0.3) is 10.9 Å². The van der Waals surface area contributed by atoms with Gasteiger partial charge in [0, 0.05) is 23.2 Å². The van der Waals surface area contributed by atoms with Gasteiger partial charge in [0.2, 0.25) is 5.91 Å². The van der Waals surface area contributed by atoms with E-state index in [2.05, 4.69) is 57.3 Å². The highest BCUT2D eigenvalue weighted by Crippen LogP contribution is 2.26. The molecule has 0 saturated carbocycles. The molecule has 1 aromatic heterocycles. The number of hydrogen-bond acceptors (Lipinski definition) is 3. The molecule has 0 bridgehead atoms. The number of pyridine rings is 1. The largest absolute Gasteiger partial charge is 0.326 e. The number of thioether (sulfide) groups is 1. The first-order valence-electron chi connectivity index (χ1n) is 8.81. The number of aromatic nitrogens is 1. The van der Waals surface area contributed by atoms with Gasteiger partial charge in [-0.15, -0.1) is 11.8 Å². The second-order valence-electron chi connectivity index (χ2n) is 6.69. The molecular formula is C22H24N2OS. The van der Waals surface area contributed by atoms with Crippen molar-refractivity contribution in [3.05, 3.63) is 64.7 Å². The molecule has 0 radical (unpaired) electrons. The van der Waals surface area contributed by atoms with Gasteiger partial charge in [0.1, 0.15) is 0 Å². The van der Waals surface area contributed by atoms with E-state index in [1.807, 2.05) is 18.2 Å². The second-order valence-corrected chi connectivity index (χ2v) is 7.81. The summed E-state index contributed by atoms with van der Waals surface area (Å²) in [4.78, 5) is 17.0. The maximum absolute atomic E-state index is 12.2. The molecule has 1 amide bonds. The third-order valence-electron chi connectivity index (χ3n) is 4.59. The van der Waals surface area contributed by atoms with Gasteiger partial charge in [0.25, 0.3) is 0 Å². The predicted molar refractivity (Wildman–Crippen MR) is 111 cm³/mol. The van der Waals surface area contributed by atoms with Crippen LogP contribution in [0.15, 0.2) is 47.5 Å². The number of amides is 1. The Balaban J connectivity index is 1.61. The minimum Gasteiger partial charge on any atom is -0.326 e. The molecule has 0 aliphatic rings. The van der Waals surface area contributed by atoms with Crippen molar-refractivity contribution in [1.82, 2.24) is 4.98 Å². The molecule has 2 aromatic carbocycles. The Labute approximate surface area is 159 Å². The summed E-state index contributed by atoms with van der Waals surface area (Å²) in [6.45, 7) is 8.31. The maximum atomic E-state index is 12.2. The van der Waals surface area contributed by atoms with Crippen LogP contribution >= 0.6 is 11.8 Å². The zero-order chi connectivity index (χ0) is 18.7. The van der Waals surface area contributed by atoms with Gasteiger partial charge < -0.3 is 5.32 Å². The summed E-state index contributed by atoms with van der Waals surface area (Å²) in [5, 5.41) is 5.15. The van der Waals surface area contributed by atoms with Gasteiger partial charge in [-0.25, -0.2) is 4.98 Å². The first-order valence-corrected chi connectivity index (χ1v) is 9.79. The molecule has 3 rings (SSSR count). The lowest BCUT2D eigenvalue weighted by molar-refractivity contribution is -0.115. The number of fused-ring (bicyclic) bond motifs is 1. The summed E-state index contributed by atoms with van der Waals surface area (Å²) in [6, 6.07) is 14.4. The highest BCUT2D eigenvalue weighted by Gasteiger charge is 2.08. The maximum Gasteiger partial charge on any atom is 0.225 e. The average Bonchev–Trinajstić information content (AvgIpc) is 2.59. The predicted octanol–water partition coefficient (Wildman–Crippen LogP) is 5.59. The number of aryl methyl sites for hydroxylation is 4. The van der Waals surface area contributed by atoms with Crippen molar-refractivity contribution in [2.24, 2.45) is 0 Å². The molecule has 0 atom stereocenters. The van der Waals surface area contributed by atoms with Crippen molar-refractivity contribution in [1.29, 1.82) is 0 Å². The molecule has 0 saturated heterocycles. The van der Waals surface area contributed by atoms with Crippen molar-refractivity contribution in [2.75, 3.05) is 11.1 Å². The molecule has 0 unspecified atom stereocenters. The number of nitrogens with one attached hydrogen (secondary N) is 1. The first kappa shape index (κ1) is 18.5. The molecule has 0 spiro atoms. The van der Waals surface area contributed by atoms with E-state index >= 15 is 0 Å². The smallest absolute Gasteiger partial charge is 0.225 e. The summed E-state index contributed by atoms with van der Waals surface area (Å²) < 4.78 is 0. The van der Waals surface area contributed by atoms with E-state index in [1.54, 1.807) is 11.8 Å². The Morgan fingerprint density at radius 2 is 1.77 bits per heavy atom. The number of carbonyl (C=O) groups is 1. The number of anilines is 1. The molecule has 4 heteroatoms. The lowest BCUT2D eigenvalue weighted by Crippen LogP contribution is -2.12. The molecule has 1 heterocycles. The standard InChI is InChI=1S/C22H24N2OS/c1-14-8-9-18(12-16(14)3)23-20(25)10-11-26-21-13-17(4)19-7-5-6-15(2)22(19)24-21/h5-9,12-13H,10-11H2,1-4H3,(H,23,25). The quantitative estimate of drug-likeness (QED) is 0.600. The number of nitrogens with zero attached hydrogens (tertiary/aromatic N) is 1. The molecule has 0 aliphatic heterocycles. The summed E-state index contributed by atoms with van der Waals surface area (Å²) in [5.74, 6) is 0.745. The summed E-state index contributed by atoms with van der Waals surface area (Å²) in [7, 11) is 0. The molecule has 134 valence electrons. The highest BCUT2D eigenvalue weighted by molar-refractivity contribution is 7.99. The summed E-state index contributed by atoms with van der Waals surface area (Å²) >= 11 is 1.63. The first-order chi connectivity index (χ1) is 12.4. The summed E-state index contributed by atoms with van der Waals surface area (Å²) in [6.07, 6.45) is 0.462. The normalized spacial score (nSPS) is 10.9. The molecule has 0 aliphatic carbocycles. The van der Waals surface area contributed by atoms with Crippen molar-refractivity contribution >= 4 is 34.3 Å². The van der Waals surface area contributed by atoms with E-state index in [9.17, 15) is 4.79 Å². The van der Waals surface area contributed by atoms with Gasteiger partial charge in [0.15, 0.2) is 0 Å². The van der Waals surface area contributed by atoms with Gasteiger partial charge in [-0.05, 0) is 68.1 Å². The fourth-order valence-corrected chi connectivity index (χ4v) is 3.81. The molecule has 3 nitrogen and oxygen atoms in total. The van der Waals surface area contributed by atoms with Crippen LogP contribution in [0, 0.1) is 27.7 Å². The zero-order valence-corrected chi connectivity index (χ0v) is 16.5. The van der Waals surface area contributed by atoms with Gasteiger partial charge in [0.05, 0.1) is 10.5 Å². The van der Waals surface area contributed by atoms with Crippen LogP contribution in [0.5, 0.6) is 0 Å². The molecule has 3 aromatic rings. The molecule has 1 N–H and O–H groups in total. The van der Waals surface area contributed by atoms with E-state index in [0.717, 1.165) is 16.2 Å². The average molecular weight is 365 g/mol. The molecule has 0 fully saturated rings. The number of benzene rings is 2. The van der Waals surface area contributed by atoms with Gasteiger partial charge in [-0.1, -0.05) is 24.3 Å². The van der Waals surface area contributed by atoms with Crippen molar-refractivity contribution in [2.45, 2.75) is 39.1 Å². The number of hydrogen-bond donors (Lipinski definition) is 1. The van der Waals surface area contributed by atoms with E-state index in [1.165, 1.54) is 27.6 Å². The van der Waals surface area contributed by atoms with Crippen LogP contribution in [0.1, 0.15) is 28.7 Å². The lowest BCUT2D eigenvalue weighted by Gasteiger charge is -2.09. The molecule has 26 heavy (non-hydrogen) atoms. The van der Waals surface area contributed by atoms with Crippen LogP contribution in [0.3, 0.4) is 0 Å². The molecular weight excluding hydrogens is 340 g/mol. The van der Waals surface area contributed by atoms with Gasteiger partial charge in [-0.3, -0.25) is 4.79 Å². The third-order valence-corrected chi connectivity index (χ3v) is 5.51. The third kappa shape index (κ3) is 4.25. The van der Waals surface area contributed by atoms with E-state index in [0.29, 0.717) is 12.2 Å². The summed E-state index contributed by atoms with van der Waals surface area (Å²) in [5.41, 5.74) is 6.73. The van der Waals surface area contributed by atoms with Crippen molar-refractivity contribution < 1.29 is 4.79 Å². The SMILES string of the molecule is Cc1ccc(NC(=O)CCSc2cc(C)c3cccc(C)c3n2)cc1C. The lowest BCUT2D eigenvalue weighted by atomic mass is 10.1. The monoisotopic (exact) mass is 364 g/mol. The van der Waals surface area contributed by atoms with E-state index in [4.69, 9.17) is 4.98 Å². The van der Waals surface area contributed by atoms with Crippen LogP contribution < -0.4 is 5.32 Å². The second kappa shape index (κ2) is 7.92.